The van der Waals surface area contributed by atoms with Crippen molar-refractivity contribution in [3.05, 3.63) is 34.6 Å². The summed E-state index contributed by atoms with van der Waals surface area (Å²) in [5, 5.41) is 27.5. The highest BCUT2D eigenvalue weighted by Gasteiger charge is 2.55. The van der Waals surface area contributed by atoms with Crippen LogP contribution < -0.4 is 5.73 Å². The summed E-state index contributed by atoms with van der Waals surface area (Å²) in [5.74, 6) is -3.53. The first-order valence-corrected chi connectivity index (χ1v) is 12.6. The van der Waals surface area contributed by atoms with Crippen LogP contribution in [0.5, 0.6) is 0 Å². The second-order valence-electron chi connectivity index (χ2n) is 9.77. The SMILES string of the molecule is COCCOC(=O)C(C)(CC(C)C(N)=O)C(C)(C)C(=O)OC(C)CO.O=C(O)c1cccc(-n2[nH]nnc2=S)c1. The Hall–Kier alpha value is -3.69. The topological polar surface area (TPSA) is 209 Å². The molecule has 0 bridgehead atoms. The quantitative estimate of drug-likeness (QED) is 0.151. The van der Waals surface area contributed by atoms with Crippen molar-refractivity contribution in [2.24, 2.45) is 22.5 Å². The van der Waals surface area contributed by atoms with Crippen LogP contribution in [0.15, 0.2) is 24.3 Å². The number of aliphatic hydroxyl groups excluding tert-OH is 1. The van der Waals surface area contributed by atoms with E-state index in [1.54, 1.807) is 39.8 Å². The summed E-state index contributed by atoms with van der Waals surface area (Å²) in [5.41, 5.74) is 3.42. The van der Waals surface area contributed by atoms with Gasteiger partial charge < -0.3 is 30.2 Å². The number of carbonyl (C=O) groups excluding carboxylic acids is 3. The molecule has 2 rings (SSSR count). The van der Waals surface area contributed by atoms with Gasteiger partial charge in [-0.1, -0.05) is 23.3 Å². The number of hydrogen-bond acceptors (Lipinski definition) is 11. The van der Waals surface area contributed by atoms with Crippen LogP contribution in [0.2, 0.25) is 0 Å². The number of nitrogens with one attached hydrogen (secondary N) is 1. The number of amides is 1. The molecular weight excluding hydrogens is 546 g/mol. The molecule has 5 N–H and O–H groups in total. The van der Waals surface area contributed by atoms with E-state index in [0.29, 0.717) is 5.69 Å². The van der Waals surface area contributed by atoms with Crippen LogP contribution in [-0.2, 0) is 28.6 Å². The first-order chi connectivity index (χ1) is 18.6. The van der Waals surface area contributed by atoms with Crippen LogP contribution in [0, 0.1) is 21.5 Å². The maximum Gasteiger partial charge on any atom is 0.335 e. The van der Waals surface area contributed by atoms with E-state index >= 15 is 0 Å². The van der Waals surface area contributed by atoms with Crippen LogP contribution in [0.4, 0.5) is 0 Å². The van der Waals surface area contributed by atoms with Gasteiger partial charge in [-0.05, 0) is 64.5 Å². The third-order valence-corrected chi connectivity index (χ3v) is 6.71. The van der Waals surface area contributed by atoms with Gasteiger partial charge in [0.15, 0.2) is 0 Å². The van der Waals surface area contributed by atoms with E-state index < -0.39 is 46.7 Å². The molecule has 0 saturated heterocycles. The molecule has 1 heterocycles. The van der Waals surface area contributed by atoms with Crippen LogP contribution in [0.3, 0.4) is 0 Å². The molecule has 14 nitrogen and oxygen atoms in total. The zero-order valence-corrected chi connectivity index (χ0v) is 24.2. The summed E-state index contributed by atoms with van der Waals surface area (Å²) in [6.45, 7) is 7.65. The molecule has 0 radical (unpaired) electrons. The number of carbonyl (C=O) groups is 4. The summed E-state index contributed by atoms with van der Waals surface area (Å²) < 4.78 is 16.9. The smallest absolute Gasteiger partial charge is 0.335 e. The lowest BCUT2D eigenvalue weighted by Crippen LogP contribution is -2.51. The molecule has 3 atom stereocenters. The number of carboxylic acid groups (broad SMARTS) is 1. The summed E-state index contributed by atoms with van der Waals surface area (Å²) in [7, 11) is 1.47. The number of primary amides is 1. The number of hydrogen-bond donors (Lipinski definition) is 4. The van der Waals surface area contributed by atoms with E-state index in [1.165, 1.54) is 30.8 Å². The van der Waals surface area contributed by atoms with E-state index in [2.05, 4.69) is 15.5 Å². The summed E-state index contributed by atoms with van der Waals surface area (Å²) in [4.78, 5) is 47.5. The average Bonchev–Trinajstić information content (AvgIpc) is 3.34. The van der Waals surface area contributed by atoms with Gasteiger partial charge >= 0.3 is 17.9 Å². The maximum atomic E-state index is 12.7. The number of rotatable bonds is 13. The summed E-state index contributed by atoms with van der Waals surface area (Å²) >= 11 is 4.89. The van der Waals surface area contributed by atoms with Crippen molar-refractivity contribution in [1.82, 2.24) is 20.2 Å². The number of aromatic amines is 1. The Morgan fingerprint density at radius 2 is 1.80 bits per heavy atom. The largest absolute Gasteiger partial charge is 0.478 e. The van der Waals surface area contributed by atoms with Crippen LogP contribution in [-0.4, -0.2) is 87.3 Å². The Balaban J connectivity index is 0.000000448. The number of ether oxygens (including phenoxy) is 3. The highest BCUT2D eigenvalue weighted by Crippen LogP contribution is 2.46. The number of aliphatic hydroxyl groups is 1. The van der Waals surface area contributed by atoms with Crippen LogP contribution >= 0.6 is 12.2 Å². The van der Waals surface area contributed by atoms with E-state index in [9.17, 15) is 19.2 Å². The summed E-state index contributed by atoms with van der Waals surface area (Å²) in [6, 6.07) is 6.32. The number of aromatic nitrogens is 4. The van der Waals surface area contributed by atoms with Gasteiger partial charge in [0.05, 0.1) is 35.3 Å². The first kappa shape index (κ1) is 34.3. The van der Waals surface area contributed by atoms with E-state index in [1.807, 2.05) is 0 Å². The lowest BCUT2D eigenvalue weighted by Gasteiger charge is -2.41. The fourth-order valence-corrected chi connectivity index (χ4v) is 3.61. The summed E-state index contributed by atoms with van der Waals surface area (Å²) in [6.07, 6.45) is -0.696. The van der Waals surface area contributed by atoms with Gasteiger partial charge in [-0.2, -0.15) is 5.21 Å². The van der Waals surface area contributed by atoms with Gasteiger partial charge in [0.25, 0.3) is 0 Å². The van der Waals surface area contributed by atoms with Crippen LogP contribution in [0.25, 0.3) is 5.69 Å². The Morgan fingerprint density at radius 1 is 1.15 bits per heavy atom. The molecule has 0 aliphatic carbocycles. The van der Waals surface area contributed by atoms with Crippen molar-refractivity contribution in [2.45, 2.75) is 47.1 Å². The standard InChI is InChI=1S/C17H31NO7.C8H6N4O2S/c1-11(13(18)20)9-17(5,15(22)24-8-7-23-6)16(3,4)14(21)25-12(2)10-19;13-7(14)5-2-1-3-6(4-5)12-8(15)9-10-11-12/h11-12,19H,7-10H2,1-6H3,(H2,18,20);1-4H,(H,13,14)(H,9,11,15). The molecule has 15 heteroatoms. The molecule has 0 saturated carbocycles. The Morgan fingerprint density at radius 3 is 2.30 bits per heavy atom. The zero-order valence-electron chi connectivity index (χ0n) is 23.4. The number of carboxylic acids is 1. The number of nitrogens with zero attached hydrogens (tertiary/aromatic N) is 3. The van der Waals surface area contributed by atoms with Crippen molar-refractivity contribution < 1.29 is 43.6 Å². The van der Waals surface area contributed by atoms with Crippen LogP contribution in [0.1, 0.15) is 51.4 Å². The average molecular weight is 584 g/mol. The van der Waals surface area contributed by atoms with E-state index in [-0.39, 0.29) is 36.6 Å². The number of benzene rings is 1. The second-order valence-corrected chi connectivity index (χ2v) is 10.1. The second kappa shape index (κ2) is 15.2. The van der Waals surface area contributed by atoms with Crippen molar-refractivity contribution in [3.8, 4) is 5.69 Å². The number of esters is 2. The third-order valence-electron chi connectivity index (χ3n) is 6.45. The Bertz CT molecular complexity index is 1230. The molecule has 1 aromatic carbocycles. The fourth-order valence-electron chi connectivity index (χ4n) is 3.42. The molecule has 1 amide bonds. The van der Waals surface area contributed by atoms with Crippen molar-refractivity contribution in [3.63, 3.8) is 0 Å². The van der Waals surface area contributed by atoms with Gasteiger partial charge in [0, 0.05) is 13.0 Å². The number of tetrazole rings is 1. The lowest BCUT2D eigenvalue weighted by atomic mass is 9.62. The predicted octanol–water partition coefficient (Wildman–Crippen LogP) is 1.67. The Kier molecular flexibility index (Phi) is 13.0. The van der Waals surface area contributed by atoms with Gasteiger partial charge in [-0.15, -0.1) is 0 Å². The molecule has 0 spiro atoms. The van der Waals surface area contributed by atoms with Crippen molar-refractivity contribution in [1.29, 1.82) is 0 Å². The third kappa shape index (κ3) is 8.93. The molecule has 2 aromatic rings. The number of methoxy groups -OCH3 is 1. The molecule has 0 aliphatic rings. The molecular formula is C25H37N5O9S. The lowest BCUT2D eigenvalue weighted by molar-refractivity contribution is -0.183. The molecule has 0 fully saturated rings. The van der Waals surface area contributed by atoms with Gasteiger partial charge in [-0.25, -0.2) is 9.48 Å². The van der Waals surface area contributed by atoms with E-state index in [0.717, 1.165) is 0 Å². The minimum atomic E-state index is -1.36. The molecule has 1 aromatic heterocycles. The first-order valence-electron chi connectivity index (χ1n) is 12.2. The molecule has 3 unspecified atom stereocenters. The Labute approximate surface area is 236 Å². The predicted molar refractivity (Wildman–Crippen MR) is 144 cm³/mol. The zero-order chi connectivity index (χ0) is 30.7. The minimum Gasteiger partial charge on any atom is -0.478 e. The molecule has 0 aliphatic heterocycles. The van der Waals surface area contributed by atoms with Gasteiger partial charge in [0.2, 0.25) is 10.7 Å². The number of nitrogens with two attached hydrogens (primary N) is 1. The molecule has 222 valence electrons. The minimum absolute atomic E-state index is 0.0176. The number of H-pyrrole nitrogens is 1. The van der Waals surface area contributed by atoms with Crippen molar-refractivity contribution in [2.75, 3.05) is 26.9 Å². The maximum absolute atomic E-state index is 12.7. The van der Waals surface area contributed by atoms with Gasteiger partial charge in [0.1, 0.15) is 12.7 Å². The molecule has 40 heavy (non-hydrogen) atoms. The van der Waals surface area contributed by atoms with E-state index in [4.69, 9.17) is 42.4 Å². The normalized spacial score (nSPS) is 14.1. The number of aromatic carboxylic acids is 1. The fraction of sp³-hybridized carbons (Fsp3) is 0.560. The monoisotopic (exact) mass is 583 g/mol. The highest BCUT2D eigenvalue weighted by molar-refractivity contribution is 7.71. The highest BCUT2D eigenvalue weighted by atomic mass is 32.1. The van der Waals surface area contributed by atoms with Crippen molar-refractivity contribution >= 4 is 36.0 Å². The van der Waals surface area contributed by atoms with Gasteiger partial charge in [-0.3, -0.25) is 14.4 Å².